The average Bonchev–Trinajstić information content (AvgIpc) is 3.42. The smallest absolute Gasteiger partial charge is 0.373 e. The largest absolute Gasteiger partial charge is 0.497 e. The minimum Gasteiger partial charge on any atom is -0.497 e. The fraction of sp³-hybridized carbons (Fsp3) is 0.375. The molecule has 2 atom stereocenters. The van der Waals surface area contributed by atoms with E-state index in [0.717, 1.165) is 9.87 Å². The molecule has 9 nitrogen and oxygen atoms in total. The van der Waals surface area contributed by atoms with Crippen LogP contribution in [0.2, 0.25) is 0 Å². The monoisotopic (exact) mass is 523 g/mol. The number of rotatable bonds is 13. The van der Waals surface area contributed by atoms with Gasteiger partial charge in [0.05, 0.1) is 25.2 Å². The molecule has 11 heteroatoms. The highest BCUT2D eigenvalue weighted by Crippen LogP contribution is 2.33. The molecule has 0 saturated carbocycles. The van der Waals surface area contributed by atoms with E-state index in [0.29, 0.717) is 12.2 Å². The molecule has 190 valence electrons. The zero-order valence-corrected chi connectivity index (χ0v) is 21.0. The topological polar surface area (TPSA) is 112 Å². The lowest BCUT2D eigenvalue weighted by atomic mass is 9.95. The Morgan fingerprint density at radius 2 is 2.06 bits per heavy atom. The van der Waals surface area contributed by atoms with Crippen molar-refractivity contribution in [3.05, 3.63) is 71.1 Å². The fourth-order valence-electron chi connectivity index (χ4n) is 3.48. The number of aliphatic hydroxyl groups excluding tert-OH is 1. The van der Waals surface area contributed by atoms with Crippen molar-refractivity contribution in [1.29, 1.82) is 0 Å². The van der Waals surface area contributed by atoms with Crippen molar-refractivity contribution >= 4 is 27.3 Å². The fourth-order valence-corrected chi connectivity index (χ4v) is 5.62. The Morgan fingerprint density at radius 1 is 1.29 bits per heavy atom. The molecule has 0 radical (unpaired) electrons. The van der Waals surface area contributed by atoms with E-state index in [1.165, 1.54) is 25.3 Å². The third-order valence-electron chi connectivity index (χ3n) is 5.25. The summed E-state index contributed by atoms with van der Waals surface area (Å²) in [6.07, 6.45) is 2.83. The second-order valence-electron chi connectivity index (χ2n) is 7.54. The van der Waals surface area contributed by atoms with Crippen LogP contribution in [-0.4, -0.2) is 70.1 Å². The molecule has 0 aliphatic carbocycles. The van der Waals surface area contributed by atoms with Crippen molar-refractivity contribution in [2.45, 2.75) is 23.5 Å². The van der Waals surface area contributed by atoms with Gasteiger partial charge < -0.3 is 24.1 Å². The van der Waals surface area contributed by atoms with Gasteiger partial charge in [0, 0.05) is 25.4 Å². The lowest BCUT2D eigenvalue weighted by Gasteiger charge is -2.29. The number of sulfonamides is 1. The molecule has 0 unspecified atom stereocenters. The van der Waals surface area contributed by atoms with Crippen LogP contribution in [0.1, 0.15) is 17.9 Å². The highest BCUT2D eigenvalue weighted by molar-refractivity contribution is 7.89. The van der Waals surface area contributed by atoms with E-state index in [2.05, 4.69) is 6.58 Å². The number of thiophene rings is 1. The summed E-state index contributed by atoms with van der Waals surface area (Å²) in [6.45, 7) is 3.11. The third kappa shape index (κ3) is 7.15. The molecule has 1 aromatic carbocycles. The minimum absolute atomic E-state index is 0.00854. The standard InChI is InChI=1S/C24H29NO8S2/c1-3-12-32-24(27)22-15-19(18-8-14-34-17-18)16-23(33-22)31-13-10-25(9-11-26)35(28,29)21-6-4-20(30-2)5-7-21/h3-8,14-15,17,19,23,26H,1,9-13,16H2,2H3/t19-,23+/m0/s1. The number of allylic oxidation sites excluding steroid dienone is 1. The van der Waals surface area contributed by atoms with Crippen LogP contribution < -0.4 is 4.74 Å². The van der Waals surface area contributed by atoms with Crippen LogP contribution >= 0.6 is 11.3 Å². The molecule has 0 bridgehead atoms. The van der Waals surface area contributed by atoms with Gasteiger partial charge in [0.1, 0.15) is 12.4 Å². The lowest BCUT2D eigenvalue weighted by molar-refractivity contribution is -0.160. The van der Waals surface area contributed by atoms with Gasteiger partial charge in [0.2, 0.25) is 22.1 Å². The molecule has 1 aliphatic heterocycles. The van der Waals surface area contributed by atoms with Crippen LogP contribution in [0.4, 0.5) is 0 Å². The summed E-state index contributed by atoms with van der Waals surface area (Å²) in [7, 11) is -2.37. The van der Waals surface area contributed by atoms with E-state index >= 15 is 0 Å². The Hall–Kier alpha value is -2.70. The molecular weight excluding hydrogens is 494 g/mol. The van der Waals surface area contributed by atoms with E-state index < -0.39 is 22.3 Å². The summed E-state index contributed by atoms with van der Waals surface area (Å²) in [5.74, 6) is -0.172. The van der Waals surface area contributed by atoms with E-state index in [-0.39, 0.29) is 49.5 Å². The molecule has 1 aromatic heterocycles. The first-order chi connectivity index (χ1) is 16.9. The number of ether oxygens (including phenoxy) is 4. The van der Waals surface area contributed by atoms with E-state index in [1.54, 1.807) is 29.5 Å². The second-order valence-corrected chi connectivity index (χ2v) is 10.3. The summed E-state index contributed by atoms with van der Waals surface area (Å²) < 4.78 is 49.0. The molecule has 0 saturated heterocycles. The van der Waals surface area contributed by atoms with E-state index in [4.69, 9.17) is 18.9 Å². The van der Waals surface area contributed by atoms with Crippen LogP contribution in [0.5, 0.6) is 5.75 Å². The van der Waals surface area contributed by atoms with Gasteiger partial charge in [-0.3, -0.25) is 0 Å². The van der Waals surface area contributed by atoms with Crippen LogP contribution in [-0.2, 0) is 29.0 Å². The number of benzene rings is 1. The van der Waals surface area contributed by atoms with Crippen molar-refractivity contribution in [1.82, 2.24) is 4.31 Å². The Balaban J connectivity index is 1.67. The van der Waals surface area contributed by atoms with Crippen LogP contribution in [0.3, 0.4) is 0 Å². The van der Waals surface area contributed by atoms with Crippen molar-refractivity contribution in [3.8, 4) is 5.75 Å². The van der Waals surface area contributed by atoms with E-state index in [9.17, 15) is 18.3 Å². The van der Waals surface area contributed by atoms with Gasteiger partial charge in [0.15, 0.2) is 0 Å². The van der Waals surface area contributed by atoms with Gasteiger partial charge in [0.25, 0.3) is 0 Å². The Kier molecular flexibility index (Phi) is 9.87. The maximum atomic E-state index is 13.1. The molecule has 2 aromatic rings. The van der Waals surface area contributed by atoms with Gasteiger partial charge in [-0.05, 0) is 52.7 Å². The molecule has 0 fully saturated rings. The predicted molar refractivity (Wildman–Crippen MR) is 131 cm³/mol. The van der Waals surface area contributed by atoms with Crippen molar-refractivity contribution in [3.63, 3.8) is 0 Å². The van der Waals surface area contributed by atoms with Crippen molar-refractivity contribution in [2.24, 2.45) is 0 Å². The Labute approximate surface area is 209 Å². The summed E-state index contributed by atoms with van der Waals surface area (Å²) in [6, 6.07) is 7.97. The first-order valence-electron chi connectivity index (χ1n) is 10.9. The number of nitrogens with zero attached hydrogens (tertiary/aromatic N) is 1. The van der Waals surface area contributed by atoms with E-state index in [1.807, 2.05) is 16.8 Å². The molecule has 1 N–H and O–H groups in total. The predicted octanol–water partition coefficient (Wildman–Crippen LogP) is 2.90. The SMILES string of the molecule is C=CCOC(=O)C1=C[C@H](c2ccsc2)C[C@H](OCCN(CCO)S(=O)(=O)c2ccc(OC)cc2)O1. The second kappa shape index (κ2) is 12.8. The van der Waals surface area contributed by atoms with Gasteiger partial charge in [-0.15, -0.1) is 0 Å². The van der Waals surface area contributed by atoms with Crippen molar-refractivity contribution < 1.29 is 37.3 Å². The molecule has 35 heavy (non-hydrogen) atoms. The molecule has 3 rings (SSSR count). The summed E-state index contributed by atoms with van der Waals surface area (Å²) >= 11 is 1.54. The first kappa shape index (κ1) is 26.9. The van der Waals surface area contributed by atoms with Gasteiger partial charge in [-0.1, -0.05) is 12.7 Å². The number of carbonyl (C=O) groups excluding carboxylic acids is 1. The quantitative estimate of drug-likeness (QED) is 0.315. The summed E-state index contributed by atoms with van der Waals surface area (Å²) in [5, 5.41) is 13.4. The lowest BCUT2D eigenvalue weighted by Crippen LogP contribution is -2.37. The molecule has 2 heterocycles. The maximum absolute atomic E-state index is 13.1. The number of carbonyl (C=O) groups is 1. The zero-order valence-electron chi connectivity index (χ0n) is 19.4. The normalized spacial score (nSPS) is 18.0. The maximum Gasteiger partial charge on any atom is 0.373 e. The number of esters is 1. The Morgan fingerprint density at radius 3 is 2.69 bits per heavy atom. The first-order valence-corrected chi connectivity index (χ1v) is 13.3. The zero-order chi connectivity index (χ0) is 25.3. The van der Waals surface area contributed by atoms with Gasteiger partial charge >= 0.3 is 5.97 Å². The highest BCUT2D eigenvalue weighted by Gasteiger charge is 2.30. The Bertz CT molecular complexity index is 1100. The van der Waals surface area contributed by atoms with Crippen LogP contribution in [0, 0.1) is 0 Å². The highest BCUT2D eigenvalue weighted by atomic mass is 32.2. The molecule has 0 amide bonds. The van der Waals surface area contributed by atoms with Crippen LogP contribution in [0.15, 0.2) is 70.5 Å². The van der Waals surface area contributed by atoms with Crippen molar-refractivity contribution in [2.75, 3.05) is 40.0 Å². The summed E-state index contributed by atoms with van der Waals surface area (Å²) in [4.78, 5) is 12.5. The molecular formula is C24H29NO8S2. The minimum atomic E-state index is -3.87. The number of hydrogen-bond acceptors (Lipinski definition) is 9. The number of aliphatic hydroxyl groups is 1. The van der Waals surface area contributed by atoms with Crippen LogP contribution in [0.25, 0.3) is 0 Å². The van der Waals surface area contributed by atoms with Gasteiger partial charge in [-0.25, -0.2) is 13.2 Å². The number of methoxy groups -OCH3 is 1. The molecule has 0 spiro atoms. The third-order valence-corrected chi connectivity index (χ3v) is 7.87. The van der Waals surface area contributed by atoms with Gasteiger partial charge in [-0.2, -0.15) is 15.6 Å². The summed E-state index contributed by atoms with van der Waals surface area (Å²) in [5.41, 5.74) is 1.02. The number of hydrogen-bond donors (Lipinski definition) is 1. The molecule has 1 aliphatic rings. The average molecular weight is 524 g/mol.